The molecule has 168 valence electrons. The molecule has 4 atom stereocenters. The van der Waals surface area contributed by atoms with Gasteiger partial charge < -0.3 is 4.74 Å². The van der Waals surface area contributed by atoms with E-state index in [-0.39, 0.29) is 23.0 Å². The van der Waals surface area contributed by atoms with E-state index in [2.05, 4.69) is 6.08 Å². The highest BCUT2D eigenvalue weighted by atomic mass is 32.2. The Morgan fingerprint density at radius 3 is 2.15 bits per heavy atom. The number of para-hydroxylation sites is 1. The first-order valence-corrected chi connectivity index (χ1v) is 12.1. The number of amides is 2. The summed E-state index contributed by atoms with van der Waals surface area (Å²) in [5.74, 6) is -0.741. The van der Waals surface area contributed by atoms with Gasteiger partial charge in [0.1, 0.15) is 10.8 Å². The summed E-state index contributed by atoms with van der Waals surface area (Å²) in [5.41, 5.74) is 3.50. The van der Waals surface area contributed by atoms with Gasteiger partial charge in [-0.1, -0.05) is 78.5 Å². The maximum absolute atomic E-state index is 13.8. The van der Waals surface area contributed by atoms with Crippen molar-refractivity contribution in [2.75, 3.05) is 12.0 Å². The molecule has 5 nitrogen and oxygen atoms in total. The van der Waals surface area contributed by atoms with Crippen molar-refractivity contribution in [2.45, 2.75) is 11.2 Å². The molecule has 2 amide bonds. The van der Waals surface area contributed by atoms with E-state index in [1.807, 2.05) is 84.9 Å². The number of hydrogen-bond donors (Lipinski definition) is 0. The zero-order chi connectivity index (χ0) is 23.2. The van der Waals surface area contributed by atoms with Crippen LogP contribution in [0.25, 0.3) is 0 Å². The second-order valence-electron chi connectivity index (χ2n) is 8.61. The number of carbonyl (C=O) groups is 2. The molecule has 0 radical (unpaired) electrons. The quantitative estimate of drug-likeness (QED) is 0.505. The fourth-order valence-electron chi connectivity index (χ4n) is 5.15. The molecule has 3 aliphatic rings. The number of imide groups is 1. The monoisotopic (exact) mass is 466 g/mol. The number of anilines is 1. The van der Waals surface area contributed by atoms with E-state index in [1.165, 1.54) is 4.90 Å². The highest BCUT2D eigenvalue weighted by Crippen LogP contribution is 2.53. The summed E-state index contributed by atoms with van der Waals surface area (Å²) in [6.07, 6.45) is 2.09. The van der Waals surface area contributed by atoms with Crippen molar-refractivity contribution in [2.24, 2.45) is 16.8 Å². The number of nitrogens with zero attached hydrogens (tertiary/aromatic N) is 2. The van der Waals surface area contributed by atoms with Gasteiger partial charge in [0.2, 0.25) is 11.8 Å². The van der Waals surface area contributed by atoms with Crippen LogP contribution in [-0.2, 0) is 9.59 Å². The number of methoxy groups -OCH3 is 1. The zero-order valence-corrected chi connectivity index (χ0v) is 19.3. The average Bonchev–Trinajstić information content (AvgIpc) is 3.43. The first kappa shape index (κ1) is 20.9. The van der Waals surface area contributed by atoms with Gasteiger partial charge in [-0.15, -0.1) is 0 Å². The number of fused-ring (bicyclic) bond motifs is 3. The minimum Gasteiger partial charge on any atom is -0.497 e. The van der Waals surface area contributed by atoms with Gasteiger partial charge in [-0.05, 0) is 29.8 Å². The molecule has 0 bridgehead atoms. The summed E-state index contributed by atoms with van der Waals surface area (Å²) in [6.45, 7) is 0. The van der Waals surface area contributed by atoms with E-state index >= 15 is 0 Å². The summed E-state index contributed by atoms with van der Waals surface area (Å²) >= 11 is 1.59. The molecule has 0 N–H and O–H groups in total. The summed E-state index contributed by atoms with van der Waals surface area (Å²) in [5, 5.41) is 0.712. The van der Waals surface area contributed by atoms with Crippen molar-refractivity contribution in [3.05, 3.63) is 108 Å². The molecule has 3 aromatic carbocycles. The molecule has 0 unspecified atom stereocenters. The lowest BCUT2D eigenvalue weighted by Crippen LogP contribution is -2.36. The average molecular weight is 467 g/mol. The van der Waals surface area contributed by atoms with Crippen LogP contribution < -0.4 is 9.64 Å². The summed E-state index contributed by atoms with van der Waals surface area (Å²) in [6, 6.07) is 27.0. The Balaban J connectivity index is 1.46. The van der Waals surface area contributed by atoms with Crippen LogP contribution in [-0.4, -0.2) is 29.2 Å². The van der Waals surface area contributed by atoms with Crippen molar-refractivity contribution in [3.8, 4) is 5.75 Å². The summed E-state index contributed by atoms with van der Waals surface area (Å²) < 4.78 is 5.32. The van der Waals surface area contributed by atoms with Crippen molar-refractivity contribution in [1.82, 2.24) is 0 Å². The van der Waals surface area contributed by atoms with Crippen LogP contribution in [0.15, 0.2) is 102 Å². The van der Waals surface area contributed by atoms with Crippen LogP contribution in [0.5, 0.6) is 5.75 Å². The predicted octanol–water partition coefficient (Wildman–Crippen LogP) is 5.04. The predicted molar refractivity (Wildman–Crippen MR) is 134 cm³/mol. The van der Waals surface area contributed by atoms with E-state index in [0.717, 1.165) is 27.6 Å². The molecule has 1 fully saturated rings. The number of benzene rings is 3. The number of hydrogen-bond acceptors (Lipinski definition) is 5. The van der Waals surface area contributed by atoms with Gasteiger partial charge in [0.05, 0.1) is 35.6 Å². The fourth-order valence-corrected chi connectivity index (χ4v) is 6.50. The minimum atomic E-state index is -0.479. The lowest BCUT2D eigenvalue weighted by Gasteiger charge is -2.32. The van der Waals surface area contributed by atoms with Gasteiger partial charge in [0.25, 0.3) is 0 Å². The van der Waals surface area contributed by atoms with Crippen LogP contribution in [0, 0.1) is 11.8 Å². The highest BCUT2D eigenvalue weighted by Gasteiger charge is 2.58. The molecule has 6 rings (SSSR count). The topological polar surface area (TPSA) is 59.0 Å². The standard InChI is InChI=1S/C28H22N2O3S/c1-33-20-14-12-17(13-15-20)21-16-22-25(34-26(29-22)18-8-4-2-5-9-18)24-23(21)27(31)30(28(24)32)19-10-6-3-7-11-19/h2-16,21,23-25H,1H3/t21-,23+,24+,25-/m0/s1. The molecule has 0 spiro atoms. The van der Waals surface area contributed by atoms with Gasteiger partial charge in [-0.25, -0.2) is 9.89 Å². The number of rotatable bonds is 4. The molecule has 1 saturated heterocycles. The van der Waals surface area contributed by atoms with E-state index in [4.69, 9.17) is 9.73 Å². The Kier molecular flexibility index (Phi) is 5.11. The lowest BCUT2D eigenvalue weighted by atomic mass is 9.73. The molecule has 2 aliphatic heterocycles. The Morgan fingerprint density at radius 2 is 1.47 bits per heavy atom. The first-order valence-electron chi connectivity index (χ1n) is 11.2. The number of thioether (sulfide) groups is 1. The van der Waals surface area contributed by atoms with Crippen LogP contribution in [0.1, 0.15) is 17.0 Å². The maximum Gasteiger partial charge on any atom is 0.239 e. The molecule has 34 heavy (non-hydrogen) atoms. The van der Waals surface area contributed by atoms with Gasteiger partial charge in [0.15, 0.2) is 0 Å². The summed E-state index contributed by atoms with van der Waals surface area (Å²) in [4.78, 5) is 33.9. The molecular formula is C28H22N2O3S. The SMILES string of the molecule is COc1ccc([C@@H]2C=C3N=C(c4ccccc4)S[C@@H]3[C@@H]3C(=O)N(c4ccccc4)C(=O)[C@@H]32)cc1. The molecule has 0 saturated carbocycles. The van der Waals surface area contributed by atoms with E-state index in [1.54, 1.807) is 18.9 Å². The van der Waals surface area contributed by atoms with Gasteiger partial charge in [0, 0.05) is 11.5 Å². The van der Waals surface area contributed by atoms with Crippen LogP contribution >= 0.6 is 11.8 Å². The summed E-state index contributed by atoms with van der Waals surface area (Å²) in [7, 11) is 1.63. The van der Waals surface area contributed by atoms with E-state index < -0.39 is 11.8 Å². The minimum absolute atomic E-state index is 0.146. The van der Waals surface area contributed by atoms with Gasteiger partial charge in [-0.3, -0.25) is 9.59 Å². The number of allylic oxidation sites excluding steroid dienone is 1. The number of aliphatic imine (C=N–C) groups is 1. The Morgan fingerprint density at radius 1 is 0.824 bits per heavy atom. The lowest BCUT2D eigenvalue weighted by molar-refractivity contribution is -0.122. The van der Waals surface area contributed by atoms with Crippen molar-refractivity contribution < 1.29 is 14.3 Å². The number of ether oxygens (including phenoxy) is 1. The highest BCUT2D eigenvalue weighted by molar-refractivity contribution is 8.15. The number of carbonyl (C=O) groups excluding carboxylic acids is 2. The van der Waals surface area contributed by atoms with Gasteiger partial charge in [-0.2, -0.15) is 0 Å². The Hall–Kier alpha value is -3.64. The van der Waals surface area contributed by atoms with E-state index in [0.29, 0.717) is 5.69 Å². The van der Waals surface area contributed by atoms with Gasteiger partial charge >= 0.3 is 0 Å². The molecular weight excluding hydrogens is 444 g/mol. The van der Waals surface area contributed by atoms with Crippen LogP contribution in [0.2, 0.25) is 0 Å². The smallest absolute Gasteiger partial charge is 0.239 e. The van der Waals surface area contributed by atoms with Crippen LogP contribution in [0.3, 0.4) is 0 Å². The molecule has 6 heteroatoms. The molecule has 3 aromatic rings. The second kappa shape index (κ2) is 8.29. The third-order valence-electron chi connectivity index (χ3n) is 6.76. The fraction of sp³-hybridized carbons (Fsp3) is 0.179. The first-order chi connectivity index (χ1) is 16.7. The van der Waals surface area contributed by atoms with Crippen molar-refractivity contribution >= 4 is 34.3 Å². The van der Waals surface area contributed by atoms with Crippen LogP contribution in [0.4, 0.5) is 5.69 Å². The molecule has 0 aromatic heterocycles. The van der Waals surface area contributed by atoms with Crippen molar-refractivity contribution in [1.29, 1.82) is 0 Å². The normalized spacial score (nSPS) is 25.5. The maximum atomic E-state index is 13.8. The molecule has 2 heterocycles. The zero-order valence-electron chi connectivity index (χ0n) is 18.5. The largest absolute Gasteiger partial charge is 0.497 e. The third-order valence-corrected chi connectivity index (χ3v) is 8.10. The second-order valence-corrected chi connectivity index (χ2v) is 9.74. The third kappa shape index (κ3) is 3.29. The molecule has 1 aliphatic carbocycles. The Labute approximate surface area is 202 Å². The van der Waals surface area contributed by atoms with Crippen molar-refractivity contribution in [3.63, 3.8) is 0 Å². The van der Waals surface area contributed by atoms with E-state index in [9.17, 15) is 9.59 Å². The Bertz CT molecular complexity index is 1320.